The number of esters is 1. The van der Waals surface area contributed by atoms with E-state index in [1.807, 2.05) is 6.92 Å². The highest BCUT2D eigenvalue weighted by molar-refractivity contribution is 5.84. The lowest BCUT2D eigenvalue weighted by molar-refractivity contribution is -0.154. The monoisotopic (exact) mass is 213 g/mol. The Morgan fingerprint density at radius 1 is 1.40 bits per heavy atom. The number of hydrogen-bond acceptors (Lipinski definition) is 3. The van der Waals surface area contributed by atoms with Gasteiger partial charge in [0.2, 0.25) is 5.91 Å². The van der Waals surface area contributed by atoms with Crippen molar-refractivity contribution in [1.29, 1.82) is 0 Å². The summed E-state index contributed by atoms with van der Waals surface area (Å²) < 4.78 is 4.72. The van der Waals surface area contributed by atoms with Crippen LogP contribution in [0.2, 0.25) is 0 Å². The van der Waals surface area contributed by atoms with Gasteiger partial charge in [0.25, 0.3) is 0 Å². The van der Waals surface area contributed by atoms with Gasteiger partial charge in [-0.25, -0.2) is 4.79 Å². The SMILES string of the molecule is CCCC(=O)N1CCCC[C@H]1C(=O)OC. The van der Waals surface area contributed by atoms with E-state index in [0.717, 1.165) is 25.7 Å². The Morgan fingerprint density at radius 2 is 2.13 bits per heavy atom. The number of rotatable bonds is 3. The zero-order chi connectivity index (χ0) is 11.3. The molecule has 86 valence electrons. The molecule has 4 heteroatoms. The van der Waals surface area contributed by atoms with Crippen LogP contribution in [0.15, 0.2) is 0 Å². The molecule has 0 N–H and O–H groups in total. The summed E-state index contributed by atoms with van der Waals surface area (Å²) >= 11 is 0. The molecule has 0 aromatic heterocycles. The fraction of sp³-hybridized carbons (Fsp3) is 0.818. The highest BCUT2D eigenvalue weighted by atomic mass is 16.5. The molecule has 15 heavy (non-hydrogen) atoms. The predicted molar refractivity (Wildman–Crippen MR) is 56.3 cm³/mol. The molecule has 0 bridgehead atoms. The Morgan fingerprint density at radius 3 is 2.73 bits per heavy atom. The van der Waals surface area contributed by atoms with Gasteiger partial charge >= 0.3 is 5.97 Å². The summed E-state index contributed by atoms with van der Waals surface area (Å²) in [5.74, 6) is -0.202. The van der Waals surface area contributed by atoms with Crippen molar-refractivity contribution < 1.29 is 14.3 Å². The van der Waals surface area contributed by atoms with Gasteiger partial charge < -0.3 is 9.64 Å². The summed E-state index contributed by atoms with van der Waals surface area (Å²) in [6.07, 6.45) is 4.07. The summed E-state index contributed by atoms with van der Waals surface area (Å²) in [7, 11) is 1.37. The van der Waals surface area contributed by atoms with Crippen LogP contribution < -0.4 is 0 Å². The molecule has 1 saturated heterocycles. The van der Waals surface area contributed by atoms with Crippen molar-refractivity contribution in [2.24, 2.45) is 0 Å². The van der Waals surface area contributed by atoms with E-state index < -0.39 is 0 Å². The second kappa shape index (κ2) is 5.73. The quantitative estimate of drug-likeness (QED) is 0.665. The lowest BCUT2D eigenvalue weighted by Crippen LogP contribution is -2.48. The maximum absolute atomic E-state index is 11.7. The van der Waals surface area contributed by atoms with E-state index in [0.29, 0.717) is 13.0 Å². The first kappa shape index (κ1) is 12.0. The maximum Gasteiger partial charge on any atom is 0.328 e. The van der Waals surface area contributed by atoms with Crippen LogP contribution >= 0.6 is 0 Å². The van der Waals surface area contributed by atoms with Crippen LogP contribution in [-0.2, 0) is 14.3 Å². The predicted octanol–water partition coefficient (Wildman–Crippen LogP) is 1.34. The van der Waals surface area contributed by atoms with Crippen molar-refractivity contribution >= 4 is 11.9 Å². The molecule has 0 radical (unpaired) electrons. The first-order valence-electron chi connectivity index (χ1n) is 5.58. The summed E-state index contributed by atoms with van der Waals surface area (Å²) in [6.45, 7) is 2.66. The van der Waals surface area contributed by atoms with Crippen LogP contribution in [0.1, 0.15) is 39.0 Å². The topological polar surface area (TPSA) is 46.6 Å². The summed E-state index contributed by atoms with van der Waals surface area (Å²) in [5.41, 5.74) is 0. The van der Waals surface area contributed by atoms with Crippen LogP contribution in [0.3, 0.4) is 0 Å². The first-order chi connectivity index (χ1) is 7.20. The molecule has 1 atom stereocenters. The van der Waals surface area contributed by atoms with Crippen molar-refractivity contribution in [2.75, 3.05) is 13.7 Å². The number of nitrogens with zero attached hydrogens (tertiary/aromatic N) is 1. The van der Waals surface area contributed by atoms with Gasteiger partial charge in [0.1, 0.15) is 6.04 Å². The molecule has 0 unspecified atom stereocenters. The summed E-state index contributed by atoms with van der Waals surface area (Å²) in [6, 6.07) is -0.345. The molecule has 1 heterocycles. The Labute approximate surface area is 90.6 Å². The number of piperidine rings is 1. The van der Waals surface area contributed by atoms with Gasteiger partial charge in [-0.15, -0.1) is 0 Å². The van der Waals surface area contributed by atoms with Gasteiger partial charge in [-0.1, -0.05) is 6.92 Å². The van der Waals surface area contributed by atoms with Crippen LogP contribution in [-0.4, -0.2) is 36.5 Å². The second-order valence-corrected chi connectivity index (χ2v) is 3.87. The number of carbonyl (C=O) groups is 2. The third-order valence-electron chi connectivity index (χ3n) is 2.76. The molecule has 0 aromatic rings. The Bertz CT molecular complexity index is 240. The largest absolute Gasteiger partial charge is 0.467 e. The van der Waals surface area contributed by atoms with Gasteiger partial charge in [0.15, 0.2) is 0 Å². The lowest BCUT2D eigenvalue weighted by atomic mass is 10.0. The molecule has 1 aliphatic heterocycles. The second-order valence-electron chi connectivity index (χ2n) is 3.87. The van der Waals surface area contributed by atoms with E-state index in [9.17, 15) is 9.59 Å². The van der Waals surface area contributed by atoms with E-state index in [1.54, 1.807) is 4.90 Å². The number of ether oxygens (including phenoxy) is 1. The van der Waals surface area contributed by atoms with Gasteiger partial charge in [0, 0.05) is 13.0 Å². The van der Waals surface area contributed by atoms with Crippen molar-refractivity contribution in [3.8, 4) is 0 Å². The van der Waals surface area contributed by atoms with Crippen molar-refractivity contribution in [3.63, 3.8) is 0 Å². The Kier molecular flexibility index (Phi) is 4.59. The average molecular weight is 213 g/mol. The minimum absolute atomic E-state index is 0.0765. The van der Waals surface area contributed by atoms with Crippen LogP contribution in [0.5, 0.6) is 0 Å². The molecule has 0 aliphatic carbocycles. The van der Waals surface area contributed by atoms with E-state index in [1.165, 1.54) is 7.11 Å². The van der Waals surface area contributed by atoms with Crippen LogP contribution in [0, 0.1) is 0 Å². The van der Waals surface area contributed by atoms with Gasteiger partial charge in [-0.05, 0) is 25.7 Å². The van der Waals surface area contributed by atoms with E-state index in [4.69, 9.17) is 4.74 Å². The third-order valence-corrected chi connectivity index (χ3v) is 2.76. The maximum atomic E-state index is 11.7. The number of amides is 1. The molecule has 1 rings (SSSR count). The minimum atomic E-state index is -0.345. The molecular weight excluding hydrogens is 194 g/mol. The van der Waals surface area contributed by atoms with Gasteiger partial charge in [0.05, 0.1) is 7.11 Å². The number of hydrogen-bond donors (Lipinski definition) is 0. The molecular formula is C11H19NO3. The Balaban J connectivity index is 2.65. The zero-order valence-electron chi connectivity index (χ0n) is 9.49. The standard InChI is InChI=1S/C11H19NO3/c1-3-6-10(13)12-8-5-4-7-9(12)11(14)15-2/h9H,3-8H2,1-2H3/t9-/m0/s1. The van der Waals surface area contributed by atoms with Gasteiger partial charge in [-0.2, -0.15) is 0 Å². The molecule has 1 aliphatic rings. The molecule has 4 nitrogen and oxygen atoms in total. The molecule has 0 aromatic carbocycles. The zero-order valence-corrected chi connectivity index (χ0v) is 9.49. The molecule has 1 fully saturated rings. The molecule has 0 spiro atoms. The first-order valence-corrected chi connectivity index (χ1v) is 5.58. The van der Waals surface area contributed by atoms with Crippen molar-refractivity contribution in [1.82, 2.24) is 4.90 Å². The summed E-state index contributed by atoms with van der Waals surface area (Å²) in [4.78, 5) is 24.9. The average Bonchev–Trinajstić information content (AvgIpc) is 2.28. The number of likely N-dealkylation sites (tertiary alicyclic amines) is 1. The number of carbonyl (C=O) groups excluding carboxylic acids is 2. The Hall–Kier alpha value is -1.06. The van der Waals surface area contributed by atoms with Gasteiger partial charge in [-0.3, -0.25) is 4.79 Å². The summed E-state index contributed by atoms with van der Waals surface area (Å²) in [5, 5.41) is 0. The highest BCUT2D eigenvalue weighted by Crippen LogP contribution is 2.19. The van der Waals surface area contributed by atoms with E-state index >= 15 is 0 Å². The van der Waals surface area contributed by atoms with Crippen LogP contribution in [0.4, 0.5) is 0 Å². The number of methoxy groups -OCH3 is 1. The van der Waals surface area contributed by atoms with Crippen LogP contribution in [0.25, 0.3) is 0 Å². The fourth-order valence-corrected chi connectivity index (χ4v) is 1.97. The van der Waals surface area contributed by atoms with E-state index in [-0.39, 0.29) is 17.9 Å². The normalized spacial score (nSPS) is 21.2. The molecule has 0 saturated carbocycles. The highest BCUT2D eigenvalue weighted by Gasteiger charge is 2.31. The minimum Gasteiger partial charge on any atom is -0.467 e. The third kappa shape index (κ3) is 2.94. The fourth-order valence-electron chi connectivity index (χ4n) is 1.97. The lowest BCUT2D eigenvalue weighted by Gasteiger charge is -2.33. The smallest absolute Gasteiger partial charge is 0.328 e. The van der Waals surface area contributed by atoms with Crippen molar-refractivity contribution in [2.45, 2.75) is 45.1 Å². The van der Waals surface area contributed by atoms with Crippen molar-refractivity contribution in [3.05, 3.63) is 0 Å². The molecule has 1 amide bonds. The van der Waals surface area contributed by atoms with E-state index in [2.05, 4.69) is 0 Å².